The number of benzene rings is 3. The summed E-state index contributed by atoms with van der Waals surface area (Å²) < 4.78 is 0. The number of para-hydroxylation sites is 1. The average Bonchev–Trinajstić information content (AvgIpc) is 2.93. The summed E-state index contributed by atoms with van der Waals surface area (Å²) in [5.74, 6) is -0.217. The maximum absolute atomic E-state index is 12.9. The van der Waals surface area contributed by atoms with Crippen molar-refractivity contribution < 1.29 is 9.90 Å². The van der Waals surface area contributed by atoms with Gasteiger partial charge in [-0.3, -0.25) is 4.79 Å². The van der Waals surface area contributed by atoms with E-state index in [0.717, 1.165) is 11.3 Å². The number of aliphatic imine (C=N–C) groups is 1. The lowest BCUT2D eigenvalue weighted by atomic mass is 9.99. The second-order valence-electron chi connectivity index (χ2n) is 5.76. The number of carbonyl (C=O) groups is 1. The number of rotatable bonds is 3. The van der Waals surface area contributed by atoms with Gasteiger partial charge in [0.2, 0.25) is 0 Å². The van der Waals surface area contributed by atoms with Crippen molar-refractivity contribution in [3.63, 3.8) is 0 Å². The molecule has 0 spiro atoms. The minimum atomic E-state index is -0.202. The molecule has 0 saturated carbocycles. The lowest BCUT2D eigenvalue weighted by Crippen LogP contribution is -2.12. The van der Waals surface area contributed by atoms with Gasteiger partial charge < -0.3 is 5.11 Å². The predicted molar refractivity (Wildman–Crippen MR) is 99.4 cm³/mol. The molecular weight excluding hydrogens is 310 g/mol. The van der Waals surface area contributed by atoms with Crippen molar-refractivity contribution in [2.75, 3.05) is 0 Å². The molecule has 1 aliphatic rings. The maximum atomic E-state index is 12.9. The van der Waals surface area contributed by atoms with Crippen LogP contribution < -0.4 is 0 Å². The van der Waals surface area contributed by atoms with Crippen LogP contribution in [0, 0.1) is 0 Å². The molecule has 0 heterocycles. The van der Waals surface area contributed by atoms with Gasteiger partial charge in [-0.25, -0.2) is 4.99 Å². The first-order valence-corrected chi connectivity index (χ1v) is 8.02. The van der Waals surface area contributed by atoms with Crippen molar-refractivity contribution in [2.45, 2.75) is 0 Å². The maximum Gasteiger partial charge on any atom is 0.199 e. The SMILES string of the molecule is O=C1C(C(=Nc2ccccc2)c2ccccc2)=C(O)c2ccccc21. The molecule has 3 heteroatoms. The van der Waals surface area contributed by atoms with E-state index in [9.17, 15) is 9.90 Å². The van der Waals surface area contributed by atoms with Crippen LogP contribution in [0.25, 0.3) is 5.76 Å². The molecule has 3 nitrogen and oxygen atoms in total. The van der Waals surface area contributed by atoms with Crippen molar-refractivity contribution >= 4 is 22.9 Å². The standard InChI is InChI=1S/C22H15NO2/c24-21-17-13-7-8-14-18(17)22(25)19(21)20(15-9-3-1-4-10-15)23-16-11-5-2-6-12-16/h1-14,24H. The molecule has 120 valence electrons. The molecule has 0 atom stereocenters. The fourth-order valence-electron chi connectivity index (χ4n) is 2.98. The van der Waals surface area contributed by atoms with Gasteiger partial charge in [0.05, 0.1) is 17.0 Å². The lowest BCUT2D eigenvalue weighted by molar-refractivity contribution is 0.104. The summed E-state index contributed by atoms with van der Waals surface area (Å²) in [6, 6.07) is 26.0. The Hall–Kier alpha value is -3.46. The van der Waals surface area contributed by atoms with Gasteiger partial charge in [-0.05, 0) is 12.1 Å². The van der Waals surface area contributed by atoms with Crippen LogP contribution in [0.2, 0.25) is 0 Å². The van der Waals surface area contributed by atoms with Crippen molar-refractivity contribution in [1.82, 2.24) is 0 Å². The molecule has 0 aromatic heterocycles. The Morgan fingerprint density at radius 2 is 1.28 bits per heavy atom. The highest BCUT2D eigenvalue weighted by Gasteiger charge is 2.33. The van der Waals surface area contributed by atoms with Crippen molar-refractivity contribution in [3.05, 3.63) is 107 Å². The van der Waals surface area contributed by atoms with E-state index in [4.69, 9.17) is 0 Å². The fourth-order valence-corrected chi connectivity index (χ4v) is 2.98. The summed E-state index contributed by atoms with van der Waals surface area (Å²) in [6.45, 7) is 0. The Labute approximate surface area is 145 Å². The molecule has 0 amide bonds. The van der Waals surface area contributed by atoms with Crippen LogP contribution in [0.3, 0.4) is 0 Å². The van der Waals surface area contributed by atoms with Gasteiger partial charge in [-0.1, -0.05) is 72.8 Å². The van der Waals surface area contributed by atoms with Gasteiger partial charge in [0.25, 0.3) is 0 Å². The van der Waals surface area contributed by atoms with Gasteiger partial charge in [0.15, 0.2) is 5.78 Å². The zero-order chi connectivity index (χ0) is 17.2. The van der Waals surface area contributed by atoms with Crippen LogP contribution in [0.15, 0.2) is 95.5 Å². The van der Waals surface area contributed by atoms with Crippen LogP contribution in [0.5, 0.6) is 0 Å². The van der Waals surface area contributed by atoms with E-state index in [1.165, 1.54) is 0 Å². The Kier molecular flexibility index (Phi) is 3.75. The topological polar surface area (TPSA) is 49.7 Å². The zero-order valence-electron chi connectivity index (χ0n) is 13.4. The molecule has 0 fully saturated rings. The number of aliphatic hydroxyl groups excluding tert-OH is 1. The largest absolute Gasteiger partial charge is 0.506 e. The van der Waals surface area contributed by atoms with Crippen LogP contribution in [0.4, 0.5) is 5.69 Å². The third-order valence-electron chi connectivity index (χ3n) is 4.17. The Bertz CT molecular complexity index is 1000. The Morgan fingerprint density at radius 1 is 0.720 bits per heavy atom. The average molecular weight is 325 g/mol. The molecule has 25 heavy (non-hydrogen) atoms. The molecule has 4 rings (SSSR count). The molecule has 1 N–H and O–H groups in total. The molecule has 1 aliphatic carbocycles. The molecule has 3 aromatic rings. The molecule has 0 saturated heterocycles. The first-order chi connectivity index (χ1) is 12.3. The molecule has 0 bridgehead atoms. The second kappa shape index (κ2) is 6.21. The minimum absolute atomic E-state index is 0.0147. The molecule has 0 aliphatic heterocycles. The number of Topliss-reactive ketones (excluding diaryl/α,β-unsaturated/α-hetero) is 1. The van der Waals surface area contributed by atoms with Crippen LogP contribution in [-0.4, -0.2) is 16.6 Å². The fraction of sp³-hybridized carbons (Fsp3) is 0. The van der Waals surface area contributed by atoms with Gasteiger partial charge in [-0.15, -0.1) is 0 Å². The van der Waals surface area contributed by atoms with Gasteiger partial charge in [-0.2, -0.15) is 0 Å². The van der Waals surface area contributed by atoms with Crippen molar-refractivity contribution in [2.24, 2.45) is 4.99 Å². The number of ketones is 1. The van der Waals surface area contributed by atoms with E-state index in [1.807, 2.05) is 66.7 Å². The van der Waals surface area contributed by atoms with Crippen LogP contribution in [-0.2, 0) is 0 Å². The third kappa shape index (κ3) is 2.66. The van der Waals surface area contributed by atoms with E-state index in [1.54, 1.807) is 18.2 Å². The van der Waals surface area contributed by atoms with Crippen molar-refractivity contribution in [3.8, 4) is 0 Å². The van der Waals surface area contributed by atoms with Gasteiger partial charge in [0, 0.05) is 16.7 Å². The van der Waals surface area contributed by atoms with E-state index in [2.05, 4.69) is 4.99 Å². The number of hydrogen-bond acceptors (Lipinski definition) is 3. The Morgan fingerprint density at radius 3 is 1.92 bits per heavy atom. The van der Waals surface area contributed by atoms with E-state index in [-0.39, 0.29) is 17.1 Å². The number of aliphatic hydroxyl groups is 1. The molecular formula is C22H15NO2. The quantitative estimate of drug-likeness (QED) is 0.691. The van der Waals surface area contributed by atoms with Crippen LogP contribution >= 0.6 is 0 Å². The normalized spacial score (nSPS) is 13.9. The highest BCUT2D eigenvalue weighted by molar-refractivity contribution is 6.39. The Balaban J connectivity index is 1.93. The monoisotopic (exact) mass is 325 g/mol. The van der Waals surface area contributed by atoms with Gasteiger partial charge >= 0.3 is 0 Å². The van der Waals surface area contributed by atoms with Gasteiger partial charge in [0.1, 0.15) is 5.76 Å². The number of carbonyl (C=O) groups excluding carboxylic acids is 1. The lowest BCUT2D eigenvalue weighted by Gasteiger charge is -2.08. The summed E-state index contributed by atoms with van der Waals surface area (Å²) in [4.78, 5) is 17.6. The number of nitrogens with zero attached hydrogens (tertiary/aromatic N) is 1. The summed E-state index contributed by atoms with van der Waals surface area (Å²) in [5, 5.41) is 10.7. The van der Waals surface area contributed by atoms with Crippen LogP contribution in [0.1, 0.15) is 21.5 Å². The third-order valence-corrected chi connectivity index (χ3v) is 4.17. The first-order valence-electron chi connectivity index (χ1n) is 8.02. The molecule has 0 unspecified atom stereocenters. The summed E-state index contributed by atoms with van der Waals surface area (Å²) in [5.41, 5.74) is 3.30. The number of hydrogen-bond donors (Lipinski definition) is 1. The van der Waals surface area contributed by atoms with E-state index in [0.29, 0.717) is 16.8 Å². The molecule has 0 radical (unpaired) electrons. The smallest absolute Gasteiger partial charge is 0.199 e. The highest BCUT2D eigenvalue weighted by atomic mass is 16.3. The summed E-state index contributed by atoms with van der Waals surface area (Å²) in [7, 11) is 0. The minimum Gasteiger partial charge on any atom is -0.506 e. The predicted octanol–water partition coefficient (Wildman–Crippen LogP) is 4.97. The number of fused-ring (bicyclic) bond motifs is 1. The molecule has 3 aromatic carbocycles. The number of allylic oxidation sites excluding steroid dienone is 1. The van der Waals surface area contributed by atoms with E-state index >= 15 is 0 Å². The highest BCUT2D eigenvalue weighted by Crippen LogP contribution is 2.34. The van der Waals surface area contributed by atoms with Crippen molar-refractivity contribution in [1.29, 1.82) is 0 Å². The van der Waals surface area contributed by atoms with E-state index < -0.39 is 0 Å². The summed E-state index contributed by atoms with van der Waals surface area (Å²) >= 11 is 0. The zero-order valence-corrected chi connectivity index (χ0v) is 13.4. The first kappa shape index (κ1) is 15.1. The summed E-state index contributed by atoms with van der Waals surface area (Å²) in [6.07, 6.45) is 0. The second-order valence-corrected chi connectivity index (χ2v) is 5.76.